The zero-order chi connectivity index (χ0) is 32.1. The maximum Gasteiger partial charge on any atom is 0.0361 e. The van der Waals surface area contributed by atoms with E-state index in [-0.39, 0.29) is 0 Å². The van der Waals surface area contributed by atoms with Crippen LogP contribution in [0.2, 0.25) is 0 Å². The zero-order valence-electron chi connectivity index (χ0n) is 26.6. The molecule has 0 unspecified atom stereocenters. The van der Waals surface area contributed by atoms with Gasteiger partial charge in [0.1, 0.15) is 0 Å². The molecule has 0 atom stereocenters. The van der Waals surface area contributed by atoms with Crippen LogP contribution in [0.15, 0.2) is 170 Å². The summed E-state index contributed by atoms with van der Waals surface area (Å²) in [6.45, 7) is 0. The highest BCUT2D eigenvalue weighted by Crippen LogP contribution is 2.48. The molecule has 0 fully saturated rings. The lowest BCUT2D eigenvalue weighted by Crippen LogP contribution is -1.92. The van der Waals surface area contributed by atoms with Crippen molar-refractivity contribution in [1.29, 1.82) is 0 Å². The predicted molar refractivity (Wildman–Crippen MR) is 215 cm³/mol. The molecule has 0 bridgehead atoms. The molecule has 0 radical (unpaired) electrons. The van der Waals surface area contributed by atoms with Crippen molar-refractivity contribution < 1.29 is 0 Å². The lowest BCUT2D eigenvalue weighted by atomic mass is 9.83. The van der Waals surface area contributed by atoms with Crippen molar-refractivity contribution in [2.75, 3.05) is 0 Å². The molecular weight excluding hydrogens is 609 g/mol. The summed E-state index contributed by atoms with van der Waals surface area (Å²) >= 11 is 1.89. The molecule has 0 aliphatic rings. The monoisotopic (exact) mass is 636 g/mol. The van der Waals surface area contributed by atoms with Crippen molar-refractivity contribution in [2.45, 2.75) is 0 Å². The van der Waals surface area contributed by atoms with Gasteiger partial charge >= 0.3 is 0 Å². The van der Waals surface area contributed by atoms with E-state index in [1.54, 1.807) is 0 Å². The van der Waals surface area contributed by atoms with Gasteiger partial charge in [-0.3, -0.25) is 0 Å². The highest BCUT2D eigenvalue weighted by molar-refractivity contribution is 7.25. The SMILES string of the molecule is c1ccc2cc3c(cc2c1)sc1ccc(-c2c4ccccc4c(-c4cc5ccc6ccccc6c5c5ccccc45)c4ccccc24)cc13. The van der Waals surface area contributed by atoms with Gasteiger partial charge in [-0.1, -0.05) is 140 Å². The van der Waals surface area contributed by atoms with Crippen LogP contribution in [-0.4, -0.2) is 0 Å². The summed E-state index contributed by atoms with van der Waals surface area (Å²) in [6.07, 6.45) is 0. The normalized spacial score (nSPS) is 12.1. The smallest absolute Gasteiger partial charge is 0.0361 e. The van der Waals surface area contributed by atoms with E-state index in [4.69, 9.17) is 0 Å². The first-order valence-electron chi connectivity index (χ1n) is 16.9. The maximum absolute atomic E-state index is 2.44. The van der Waals surface area contributed by atoms with Crippen LogP contribution in [0.25, 0.3) is 107 Å². The molecule has 49 heavy (non-hydrogen) atoms. The van der Waals surface area contributed by atoms with E-state index < -0.39 is 0 Å². The van der Waals surface area contributed by atoms with Crippen molar-refractivity contribution in [3.8, 4) is 22.3 Å². The first-order valence-corrected chi connectivity index (χ1v) is 17.7. The summed E-state index contributed by atoms with van der Waals surface area (Å²) in [7, 11) is 0. The molecule has 0 saturated heterocycles. The van der Waals surface area contributed by atoms with Gasteiger partial charge in [0.2, 0.25) is 0 Å². The number of hydrogen-bond acceptors (Lipinski definition) is 1. The molecule has 10 aromatic carbocycles. The Balaban J connectivity index is 1.24. The first-order chi connectivity index (χ1) is 24.3. The minimum absolute atomic E-state index is 1.26. The quantitative estimate of drug-likeness (QED) is 0.131. The fraction of sp³-hybridized carbons (Fsp3) is 0. The van der Waals surface area contributed by atoms with Gasteiger partial charge in [0.25, 0.3) is 0 Å². The second-order valence-electron chi connectivity index (χ2n) is 13.2. The van der Waals surface area contributed by atoms with Gasteiger partial charge in [-0.25, -0.2) is 0 Å². The van der Waals surface area contributed by atoms with Gasteiger partial charge in [-0.2, -0.15) is 0 Å². The Labute approximate surface area is 287 Å². The number of rotatable bonds is 2. The molecule has 1 aromatic heterocycles. The molecule has 11 rings (SSSR count). The molecule has 0 aliphatic heterocycles. The molecule has 0 N–H and O–H groups in total. The standard InChI is InChI=1S/C48H28S/c1-2-13-31-28-45-42(25-30(31)12-1)41-26-33(23-24-44(41)49-45)47-37-17-7-9-19-39(37)48(40-20-10-8-18-38(40)47)43-27-32-22-21-29-11-3-4-14-34(29)46(32)36-16-6-5-15-35(36)43/h1-28H. The molecule has 0 aliphatic carbocycles. The molecule has 1 heterocycles. The Morgan fingerprint density at radius 1 is 0.286 bits per heavy atom. The minimum atomic E-state index is 1.26. The van der Waals surface area contributed by atoms with Gasteiger partial charge in [0.05, 0.1) is 0 Å². The van der Waals surface area contributed by atoms with Crippen LogP contribution in [0.3, 0.4) is 0 Å². The van der Waals surface area contributed by atoms with Crippen molar-refractivity contribution in [2.24, 2.45) is 0 Å². The molecule has 0 nitrogen and oxygen atoms in total. The van der Waals surface area contributed by atoms with Crippen LogP contribution in [0.5, 0.6) is 0 Å². The average Bonchev–Trinajstić information content (AvgIpc) is 3.52. The van der Waals surface area contributed by atoms with Crippen LogP contribution in [0, 0.1) is 0 Å². The summed E-state index contributed by atoms with van der Waals surface area (Å²) in [6, 6.07) is 63.3. The number of fused-ring (bicyclic) bond motifs is 11. The first kappa shape index (κ1) is 27.0. The highest BCUT2D eigenvalue weighted by atomic mass is 32.1. The Morgan fingerprint density at radius 2 is 0.816 bits per heavy atom. The molecule has 0 saturated carbocycles. The lowest BCUT2D eigenvalue weighted by molar-refractivity contribution is 1.70. The molecule has 0 spiro atoms. The van der Waals surface area contributed by atoms with E-state index in [1.807, 2.05) is 11.3 Å². The molecule has 0 amide bonds. The van der Waals surface area contributed by atoms with Crippen molar-refractivity contribution in [1.82, 2.24) is 0 Å². The van der Waals surface area contributed by atoms with Crippen LogP contribution in [0.4, 0.5) is 0 Å². The Morgan fingerprint density at radius 3 is 1.53 bits per heavy atom. The van der Waals surface area contributed by atoms with Crippen molar-refractivity contribution in [3.63, 3.8) is 0 Å². The Hall–Kier alpha value is -6.02. The van der Waals surface area contributed by atoms with Crippen LogP contribution < -0.4 is 0 Å². The van der Waals surface area contributed by atoms with Gasteiger partial charge < -0.3 is 0 Å². The average molecular weight is 637 g/mol. The third-order valence-electron chi connectivity index (χ3n) is 10.6. The molecular formula is C48H28S. The third-order valence-corrected chi connectivity index (χ3v) is 11.7. The van der Waals surface area contributed by atoms with E-state index in [1.165, 1.54) is 107 Å². The summed E-state index contributed by atoms with van der Waals surface area (Å²) in [4.78, 5) is 0. The second kappa shape index (κ2) is 10.2. The van der Waals surface area contributed by atoms with Crippen LogP contribution >= 0.6 is 11.3 Å². The number of thiophene rings is 1. The van der Waals surface area contributed by atoms with E-state index >= 15 is 0 Å². The molecule has 11 aromatic rings. The Kier molecular flexibility index (Phi) is 5.64. The molecule has 226 valence electrons. The van der Waals surface area contributed by atoms with Gasteiger partial charge in [0.15, 0.2) is 0 Å². The molecule has 1 heteroatoms. The summed E-state index contributed by atoms with van der Waals surface area (Å²) in [5, 5.41) is 18.1. The van der Waals surface area contributed by atoms with E-state index in [0.717, 1.165) is 0 Å². The maximum atomic E-state index is 2.44. The predicted octanol–water partition coefficient (Wildman–Crippen LogP) is 14.3. The minimum Gasteiger partial charge on any atom is -0.135 e. The summed E-state index contributed by atoms with van der Waals surface area (Å²) in [5.41, 5.74) is 5.14. The van der Waals surface area contributed by atoms with Gasteiger partial charge in [-0.05, 0) is 117 Å². The van der Waals surface area contributed by atoms with Crippen LogP contribution in [0.1, 0.15) is 0 Å². The number of benzene rings is 10. The fourth-order valence-corrected chi connectivity index (χ4v) is 9.55. The largest absolute Gasteiger partial charge is 0.135 e. The van der Waals surface area contributed by atoms with E-state index in [0.29, 0.717) is 0 Å². The summed E-state index contributed by atoms with van der Waals surface area (Å²) in [5.74, 6) is 0. The topological polar surface area (TPSA) is 0 Å². The van der Waals surface area contributed by atoms with Gasteiger partial charge in [0, 0.05) is 20.2 Å². The van der Waals surface area contributed by atoms with Gasteiger partial charge in [-0.15, -0.1) is 11.3 Å². The van der Waals surface area contributed by atoms with Crippen molar-refractivity contribution in [3.05, 3.63) is 170 Å². The second-order valence-corrected chi connectivity index (χ2v) is 14.3. The third kappa shape index (κ3) is 3.91. The Bertz CT molecular complexity index is 3100. The van der Waals surface area contributed by atoms with E-state index in [2.05, 4.69) is 170 Å². The highest BCUT2D eigenvalue weighted by Gasteiger charge is 2.20. The van der Waals surface area contributed by atoms with E-state index in [9.17, 15) is 0 Å². The van der Waals surface area contributed by atoms with Crippen LogP contribution in [-0.2, 0) is 0 Å². The van der Waals surface area contributed by atoms with Crippen molar-refractivity contribution >= 4 is 96.1 Å². The zero-order valence-corrected chi connectivity index (χ0v) is 27.4. The summed E-state index contributed by atoms with van der Waals surface area (Å²) < 4.78 is 2.67. The lowest BCUT2D eigenvalue weighted by Gasteiger charge is -2.20. The fourth-order valence-electron chi connectivity index (χ4n) is 8.43. The number of hydrogen-bond donors (Lipinski definition) is 0.